The fourth-order valence-electron chi connectivity index (χ4n) is 3.24. The van der Waals surface area contributed by atoms with Crippen LogP contribution in [0.4, 0.5) is 17.3 Å². The maximum Gasteiger partial charge on any atom is 0.271 e. The van der Waals surface area contributed by atoms with Gasteiger partial charge in [-0.05, 0) is 25.8 Å². The molecule has 0 bridgehead atoms. The second kappa shape index (κ2) is 8.17. The van der Waals surface area contributed by atoms with E-state index in [1.165, 1.54) is 6.20 Å². The van der Waals surface area contributed by atoms with Gasteiger partial charge in [0.25, 0.3) is 5.91 Å². The molecule has 1 amide bonds. The van der Waals surface area contributed by atoms with E-state index >= 15 is 0 Å². The maximum absolute atomic E-state index is 11.7. The summed E-state index contributed by atoms with van der Waals surface area (Å²) in [6.07, 6.45) is 7.32. The molecule has 1 aliphatic carbocycles. The van der Waals surface area contributed by atoms with Crippen LogP contribution in [0.2, 0.25) is 0 Å². The maximum atomic E-state index is 11.7. The fourth-order valence-corrected chi connectivity index (χ4v) is 3.24. The largest absolute Gasteiger partial charge is 0.481 e. The van der Waals surface area contributed by atoms with Gasteiger partial charge in [0.2, 0.25) is 5.88 Å². The molecular weight excluding hydrogens is 346 g/mol. The van der Waals surface area contributed by atoms with Gasteiger partial charge in [-0.25, -0.2) is 15.0 Å². The van der Waals surface area contributed by atoms with E-state index in [0.717, 1.165) is 31.2 Å². The SMILES string of the molecule is COc1ncc(Nc2nc(NC3CCCCC3N)cnc2C(N)=O)cc1C. The number of nitrogens with zero attached hydrogens (tertiary/aromatic N) is 3. The Labute approximate surface area is 157 Å². The lowest BCUT2D eigenvalue weighted by molar-refractivity contribution is 0.0996. The summed E-state index contributed by atoms with van der Waals surface area (Å²) in [5.74, 6) is 0.680. The molecule has 0 spiro atoms. The van der Waals surface area contributed by atoms with Crippen LogP contribution in [0.5, 0.6) is 5.88 Å². The lowest BCUT2D eigenvalue weighted by Gasteiger charge is -2.29. The molecule has 1 fully saturated rings. The van der Waals surface area contributed by atoms with Crippen LogP contribution in [0.3, 0.4) is 0 Å². The number of nitrogens with one attached hydrogen (secondary N) is 2. The molecule has 3 rings (SSSR count). The smallest absolute Gasteiger partial charge is 0.271 e. The number of ether oxygens (including phenoxy) is 1. The van der Waals surface area contributed by atoms with Gasteiger partial charge in [-0.1, -0.05) is 12.8 Å². The molecule has 0 saturated heterocycles. The van der Waals surface area contributed by atoms with Crippen LogP contribution in [0.25, 0.3) is 0 Å². The molecular formula is C18H25N7O2. The second-order valence-electron chi connectivity index (χ2n) is 6.69. The van der Waals surface area contributed by atoms with Crippen LogP contribution < -0.4 is 26.8 Å². The zero-order chi connectivity index (χ0) is 19.4. The summed E-state index contributed by atoms with van der Waals surface area (Å²) in [5.41, 5.74) is 13.2. The van der Waals surface area contributed by atoms with Crippen molar-refractivity contribution in [3.05, 3.63) is 29.7 Å². The second-order valence-corrected chi connectivity index (χ2v) is 6.69. The van der Waals surface area contributed by atoms with Crippen molar-refractivity contribution >= 4 is 23.2 Å². The summed E-state index contributed by atoms with van der Waals surface area (Å²) in [7, 11) is 1.56. The van der Waals surface area contributed by atoms with E-state index in [-0.39, 0.29) is 23.6 Å². The van der Waals surface area contributed by atoms with Crippen LogP contribution in [-0.4, -0.2) is 40.1 Å². The zero-order valence-corrected chi connectivity index (χ0v) is 15.5. The van der Waals surface area contributed by atoms with E-state index < -0.39 is 5.91 Å². The third kappa shape index (κ3) is 4.43. The first kappa shape index (κ1) is 18.8. The van der Waals surface area contributed by atoms with Crippen molar-refractivity contribution in [3.8, 4) is 5.88 Å². The molecule has 2 aromatic rings. The molecule has 0 aromatic carbocycles. The Morgan fingerprint density at radius 1 is 1.26 bits per heavy atom. The lowest BCUT2D eigenvalue weighted by atomic mass is 9.91. The molecule has 2 heterocycles. The minimum absolute atomic E-state index is 0.0574. The van der Waals surface area contributed by atoms with Gasteiger partial charge in [0, 0.05) is 17.6 Å². The molecule has 1 aliphatic rings. The van der Waals surface area contributed by atoms with Crippen LogP contribution >= 0.6 is 0 Å². The van der Waals surface area contributed by atoms with Gasteiger partial charge in [-0.2, -0.15) is 0 Å². The fraction of sp³-hybridized carbons (Fsp3) is 0.444. The van der Waals surface area contributed by atoms with E-state index in [1.807, 2.05) is 13.0 Å². The lowest BCUT2D eigenvalue weighted by Crippen LogP contribution is -2.42. The molecule has 0 radical (unpaired) electrons. The number of methoxy groups -OCH3 is 1. The monoisotopic (exact) mass is 371 g/mol. The topological polar surface area (TPSA) is 141 Å². The quantitative estimate of drug-likeness (QED) is 0.601. The van der Waals surface area contributed by atoms with E-state index in [0.29, 0.717) is 17.4 Å². The molecule has 9 heteroatoms. The molecule has 144 valence electrons. The molecule has 0 aliphatic heterocycles. The van der Waals surface area contributed by atoms with Crippen LogP contribution in [0.1, 0.15) is 41.7 Å². The van der Waals surface area contributed by atoms with E-state index in [9.17, 15) is 4.79 Å². The van der Waals surface area contributed by atoms with Gasteiger partial charge >= 0.3 is 0 Å². The van der Waals surface area contributed by atoms with Crippen molar-refractivity contribution in [2.24, 2.45) is 11.5 Å². The Balaban J connectivity index is 1.85. The number of primary amides is 1. The van der Waals surface area contributed by atoms with E-state index in [4.69, 9.17) is 16.2 Å². The highest BCUT2D eigenvalue weighted by atomic mass is 16.5. The standard InChI is InChI=1S/C18H25N7O2/c1-10-7-11(8-22-18(10)27-2)23-17-15(16(20)26)21-9-14(25-17)24-13-6-4-3-5-12(13)19/h7-9,12-13H,3-6,19H2,1-2H3,(H2,20,26)(H2,23,24,25). The Kier molecular flexibility index (Phi) is 5.70. The van der Waals surface area contributed by atoms with Gasteiger partial charge in [-0.15, -0.1) is 0 Å². The number of nitrogens with two attached hydrogens (primary N) is 2. The highest BCUT2D eigenvalue weighted by molar-refractivity contribution is 5.96. The van der Waals surface area contributed by atoms with Crippen molar-refractivity contribution in [2.75, 3.05) is 17.7 Å². The van der Waals surface area contributed by atoms with Crippen molar-refractivity contribution in [2.45, 2.75) is 44.7 Å². The number of hydrogen-bond donors (Lipinski definition) is 4. The van der Waals surface area contributed by atoms with Crippen LogP contribution in [0.15, 0.2) is 18.5 Å². The first-order valence-corrected chi connectivity index (χ1v) is 8.94. The Morgan fingerprint density at radius 2 is 2.04 bits per heavy atom. The molecule has 27 heavy (non-hydrogen) atoms. The van der Waals surface area contributed by atoms with Gasteiger partial charge in [0.05, 0.1) is 25.2 Å². The highest BCUT2D eigenvalue weighted by Crippen LogP contribution is 2.24. The Hall–Kier alpha value is -2.94. The molecule has 2 atom stereocenters. The number of aryl methyl sites for hydroxylation is 1. The van der Waals surface area contributed by atoms with Crippen molar-refractivity contribution < 1.29 is 9.53 Å². The van der Waals surface area contributed by atoms with Gasteiger partial charge in [0.1, 0.15) is 5.82 Å². The minimum atomic E-state index is -0.663. The highest BCUT2D eigenvalue weighted by Gasteiger charge is 2.23. The summed E-state index contributed by atoms with van der Waals surface area (Å²) in [6, 6.07) is 2.04. The number of hydrogen-bond acceptors (Lipinski definition) is 8. The first-order chi connectivity index (χ1) is 13.0. The van der Waals surface area contributed by atoms with E-state index in [1.54, 1.807) is 13.3 Å². The summed E-state index contributed by atoms with van der Waals surface area (Å²) < 4.78 is 5.16. The van der Waals surface area contributed by atoms with Crippen molar-refractivity contribution in [1.29, 1.82) is 0 Å². The molecule has 6 N–H and O–H groups in total. The van der Waals surface area contributed by atoms with Gasteiger partial charge in [-0.3, -0.25) is 4.79 Å². The van der Waals surface area contributed by atoms with Crippen LogP contribution in [0, 0.1) is 6.92 Å². The number of anilines is 3. The third-order valence-electron chi connectivity index (χ3n) is 4.64. The number of pyridine rings is 1. The predicted octanol–water partition coefficient (Wildman–Crippen LogP) is 1.71. The predicted molar refractivity (Wildman–Crippen MR) is 103 cm³/mol. The van der Waals surface area contributed by atoms with Gasteiger partial charge in [0.15, 0.2) is 11.5 Å². The average Bonchev–Trinajstić information content (AvgIpc) is 2.64. The summed E-state index contributed by atoms with van der Waals surface area (Å²) in [4.78, 5) is 24.6. The number of amides is 1. The number of carbonyl (C=O) groups excluding carboxylic acids is 1. The third-order valence-corrected chi connectivity index (χ3v) is 4.64. The molecule has 1 saturated carbocycles. The normalized spacial score (nSPS) is 19.4. The van der Waals surface area contributed by atoms with E-state index in [2.05, 4.69) is 25.6 Å². The zero-order valence-electron chi connectivity index (χ0n) is 15.5. The summed E-state index contributed by atoms with van der Waals surface area (Å²) in [6.45, 7) is 1.88. The Morgan fingerprint density at radius 3 is 2.70 bits per heavy atom. The van der Waals surface area contributed by atoms with Crippen LogP contribution in [-0.2, 0) is 0 Å². The summed E-state index contributed by atoms with van der Waals surface area (Å²) in [5, 5.41) is 6.40. The molecule has 2 unspecified atom stereocenters. The molecule has 2 aromatic heterocycles. The summed E-state index contributed by atoms with van der Waals surface area (Å²) >= 11 is 0. The van der Waals surface area contributed by atoms with Crippen molar-refractivity contribution in [1.82, 2.24) is 15.0 Å². The number of aromatic nitrogens is 3. The van der Waals surface area contributed by atoms with Crippen molar-refractivity contribution in [3.63, 3.8) is 0 Å². The average molecular weight is 371 g/mol. The minimum Gasteiger partial charge on any atom is -0.481 e. The number of rotatable bonds is 6. The first-order valence-electron chi connectivity index (χ1n) is 8.94. The molecule has 9 nitrogen and oxygen atoms in total. The Bertz CT molecular complexity index is 827. The number of carbonyl (C=O) groups is 1. The van der Waals surface area contributed by atoms with Gasteiger partial charge < -0.3 is 26.8 Å².